The Labute approximate surface area is 86.4 Å². The lowest BCUT2D eigenvalue weighted by molar-refractivity contribution is 0.0693. The largest absolute Gasteiger partial charge is 0.477 e. The van der Waals surface area contributed by atoms with Crippen LogP contribution in [-0.4, -0.2) is 20.6 Å². The zero-order valence-electron chi connectivity index (χ0n) is 8.27. The third kappa shape index (κ3) is 1.91. The molecule has 2 rings (SSSR count). The van der Waals surface area contributed by atoms with E-state index in [9.17, 15) is 9.59 Å². The van der Waals surface area contributed by atoms with E-state index in [4.69, 9.17) is 5.11 Å². The minimum absolute atomic E-state index is 0.236. The Morgan fingerprint density at radius 3 is 2.93 bits per heavy atom. The molecular weight excluding hydrogens is 196 g/mol. The fourth-order valence-electron chi connectivity index (χ4n) is 1.81. The third-order valence-corrected chi connectivity index (χ3v) is 2.61. The van der Waals surface area contributed by atoms with Crippen LogP contribution in [0, 0.1) is 0 Å². The van der Waals surface area contributed by atoms with Crippen molar-refractivity contribution in [3.8, 4) is 0 Å². The summed E-state index contributed by atoms with van der Waals surface area (Å²) in [6, 6.07) is 0. The van der Waals surface area contributed by atoms with Gasteiger partial charge in [-0.2, -0.15) is 4.98 Å². The van der Waals surface area contributed by atoms with E-state index < -0.39 is 11.5 Å². The van der Waals surface area contributed by atoms with Gasteiger partial charge in [0.15, 0.2) is 0 Å². The first-order valence-electron chi connectivity index (χ1n) is 5.02. The summed E-state index contributed by atoms with van der Waals surface area (Å²) in [4.78, 5) is 25.9. The number of aryl methyl sites for hydroxylation is 2. The van der Waals surface area contributed by atoms with Crippen LogP contribution in [0.2, 0.25) is 0 Å². The average molecular weight is 208 g/mol. The van der Waals surface area contributed by atoms with Gasteiger partial charge in [0.05, 0.1) is 0 Å². The van der Waals surface area contributed by atoms with Gasteiger partial charge in [-0.25, -0.2) is 4.79 Å². The number of rotatable bonds is 1. The summed E-state index contributed by atoms with van der Waals surface area (Å²) in [6.07, 6.45) is 5.29. The van der Waals surface area contributed by atoms with Crippen LogP contribution in [0.5, 0.6) is 0 Å². The van der Waals surface area contributed by atoms with Crippen molar-refractivity contribution in [1.29, 1.82) is 0 Å². The second-order valence-corrected chi connectivity index (χ2v) is 3.69. The van der Waals surface area contributed by atoms with Gasteiger partial charge in [-0.05, 0) is 12.8 Å². The fourth-order valence-corrected chi connectivity index (χ4v) is 1.81. The summed E-state index contributed by atoms with van der Waals surface area (Å²) < 4.78 is 1.79. The van der Waals surface area contributed by atoms with E-state index in [1.54, 1.807) is 4.57 Å². The van der Waals surface area contributed by atoms with E-state index in [1.165, 1.54) is 6.20 Å². The highest BCUT2D eigenvalue weighted by Crippen LogP contribution is 2.11. The van der Waals surface area contributed by atoms with Gasteiger partial charge in [-0.15, -0.1) is 0 Å². The van der Waals surface area contributed by atoms with Crippen LogP contribution in [0.3, 0.4) is 0 Å². The Bertz CT molecular complexity index is 450. The molecule has 15 heavy (non-hydrogen) atoms. The monoisotopic (exact) mass is 208 g/mol. The summed E-state index contributed by atoms with van der Waals surface area (Å²) in [5, 5.41) is 8.78. The number of hydrogen-bond acceptors (Lipinski definition) is 3. The first-order chi connectivity index (χ1) is 7.18. The van der Waals surface area contributed by atoms with Gasteiger partial charge in [0, 0.05) is 19.2 Å². The molecule has 5 heteroatoms. The molecule has 0 aromatic carbocycles. The minimum atomic E-state index is -1.20. The molecule has 1 aliphatic heterocycles. The van der Waals surface area contributed by atoms with E-state index in [-0.39, 0.29) is 5.56 Å². The SMILES string of the molecule is O=C(O)c1cn2c(nc1=O)CCCCC2. The van der Waals surface area contributed by atoms with Crippen molar-refractivity contribution >= 4 is 5.97 Å². The number of carboxylic acid groups (broad SMARTS) is 1. The summed E-state index contributed by atoms with van der Waals surface area (Å²) in [7, 11) is 0. The molecule has 0 fully saturated rings. The van der Waals surface area contributed by atoms with Crippen molar-refractivity contribution in [1.82, 2.24) is 9.55 Å². The molecule has 1 N–H and O–H groups in total. The fraction of sp³-hybridized carbons (Fsp3) is 0.500. The second-order valence-electron chi connectivity index (χ2n) is 3.69. The zero-order valence-corrected chi connectivity index (χ0v) is 8.27. The molecule has 80 valence electrons. The number of aromatic nitrogens is 2. The van der Waals surface area contributed by atoms with Gasteiger partial charge in [0.1, 0.15) is 11.4 Å². The second kappa shape index (κ2) is 3.84. The van der Waals surface area contributed by atoms with Crippen LogP contribution >= 0.6 is 0 Å². The molecule has 0 atom stereocenters. The molecule has 0 spiro atoms. The van der Waals surface area contributed by atoms with Gasteiger partial charge in [0.25, 0.3) is 5.56 Å². The number of carbonyl (C=O) groups is 1. The molecule has 0 aliphatic carbocycles. The molecule has 1 aliphatic rings. The van der Waals surface area contributed by atoms with Gasteiger partial charge < -0.3 is 9.67 Å². The van der Waals surface area contributed by atoms with Crippen molar-refractivity contribution in [3.63, 3.8) is 0 Å². The van der Waals surface area contributed by atoms with Crippen LogP contribution < -0.4 is 5.56 Å². The summed E-state index contributed by atoms with van der Waals surface area (Å²) in [5.41, 5.74) is -0.865. The smallest absolute Gasteiger partial charge is 0.342 e. The normalized spacial score (nSPS) is 15.5. The van der Waals surface area contributed by atoms with Crippen LogP contribution in [0.1, 0.15) is 35.4 Å². The predicted octanol–water partition coefficient (Wildman–Crippen LogP) is 0.668. The van der Waals surface area contributed by atoms with Crippen LogP contribution in [-0.2, 0) is 13.0 Å². The highest BCUT2D eigenvalue weighted by molar-refractivity contribution is 5.86. The molecule has 0 unspecified atom stereocenters. The molecule has 0 bridgehead atoms. The van der Waals surface area contributed by atoms with Gasteiger partial charge >= 0.3 is 5.97 Å². The quantitative estimate of drug-likeness (QED) is 0.736. The Balaban J connectivity index is 2.52. The number of hydrogen-bond donors (Lipinski definition) is 1. The van der Waals surface area contributed by atoms with Crippen molar-refractivity contribution in [2.45, 2.75) is 32.2 Å². The molecule has 2 heterocycles. The van der Waals surface area contributed by atoms with Crippen molar-refractivity contribution < 1.29 is 9.90 Å². The van der Waals surface area contributed by atoms with Crippen molar-refractivity contribution in [3.05, 3.63) is 27.9 Å². The Hall–Kier alpha value is -1.65. The maximum Gasteiger partial charge on any atom is 0.342 e. The van der Waals surface area contributed by atoms with E-state index >= 15 is 0 Å². The Morgan fingerprint density at radius 2 is 2.20 bits per heavy atom. The molecule has 1 aromatic heterocycles. The first-order valence-corrected chi connectivity index (χ1v) is 5.02. The lowest BCUT2D eigenvalue weighted by Gasteiger charge is -2.08. The lowest BCUT2D eigenvalue weighted by Crippen LogP contribution is -2.23. The average Bonchev–Trinajstić information content (AvgIpc) is 2.40. The summed E-state index contributed by atoms with van der Waals surface area (Å²) in [6.45, 7) is 0.753. The maximum atomic E-state index is 11.3. The van der Waals surface area contributed by atoms with Gasteiger partial charge in [-0.3, -0.25) is 4.79 Å². The summed E-state index contributed by atoms with van der Waals surface area (Å²) >= 11 is 0. The van der Waals surface area contributed by atoms with E-state index in [2.05, 4.69) is 4.98 Å². The van der Waals surface area contributed by atoms with Gasteiger partial charge in [-0.1, -0.05) is 6.42 Å². The topological polar surface area (TPSA) is 72.2 Å². The molecule has 5 nitrogen and oxygen atoms in total. The van der Waals surface area contributed by atoms with Crippen LogP contribution in [0.15, 0.2) is 11.0 Å². The standard InChI is InChI=1S/C10H12N2O3/c13-9-7(10(14)15)6-12-5-3-1-2-4-8(12)11-9/h6H,1-5H2,(H,14,15). The lowest BCUT2D eigenvalue weighted by atomic mass is 10.2. The third-order valence-electron chi connectivity index (χ3n) is 2.61. The maximum absolute atomic E-state index is 11.3. The molecule has 0 saturated carbocycles. The Morgan fingerprint density at radius 1 is 1.40 bits per heavy atom. The Kier molecular flexibility index (Phi) is 2.53. The first kappa shape index (κ1) is 9.89. The number of fused-ring (bicyclic) bond motifs is 1. The van der Waals surface area contributed by atoms with E-state index in [0.717, 1.165) is 32.2 Å². The molecule has 0 saturated heterocycles. The van der Waals surface area contributed by atoms with E-state index in [0.29, 0.717) is 5.82 Å². The molecule has 0 amide bonds. The summed E-state index contributed by atoms with van der Waals surface area (Å²) in [5.74, 6) is -0.491. The molecule has 1 aromatic rings. The predicted molar refractivity (Wildman–Crippen MR) is 53.0 cm³/mol. The van der Waals surface area contributed by atoms with Crippen LogP contribution in [0.4, 0.5) is 0 Å². The number of nitrogens with zero attached hydrogens (tertiary/aromatic N) is 2. The van der Waals surface area contributed by atoms with Gasteiger partial charge in [0.2, 0.25) is 0 Å². The molecular formula is C10H12N2O3. The van der Waals surface area contributed by atoms with Crippen LogP contribution in [0.25, 0.3) is 0 Å². The minimum Gasteiger partial charge on any atom is -0.477 e. The van der Waals surface area contributed by atoms with Crippen molar-refractivity contribution in [2.75, 3.05) is 0 Å². The zero-order chi connectivity index (χ0) is 10.8. The number of carboxylic acids is 1. The molecule has 0 radical (unpaired) electrons. The van der Waals surface area contributed by atoms with E-state index in [1.807, 2.05) is 0 Å². The number of aromatic carboxylic acids is 1. The highest BCUT2D eigenvalue weighted by atomic mass is 16.4. The van der Waals surface area contributed by atoms with Crippen molar-refractivity contribution in [2.24, 2.45) is 0 Å². The highest BCUT2D eigenvalue weighted by Gasteiger charge is 2.15.